The molecule has 0 aliphatic carbocycles. The Labute approximate surface area is 156 Å². The van der Waals surface area contributed by atoms with Gasteiger partial charge in [0.25, 0.3) is 0 Å². The van der Waals surface area contributed by atoms with Crippen LogP contribution in [0.3, 0.4) is 0 Å². The number of carbonyl (C=O) groups is 2. The average molecular weight is 370 g/mol. The highest BCUT2D eigenvalue weighted by molar-refractivity contribution is 8.24. The number of hydrogen-bond acceptors (Lipinski definition) is 4. The average Bonchev–Trinajstić information content (AvgIpc) is 2.88. The van der Waals surface area contributed by atoms with Crippen molar-refractivity contribution in [1.29, 1.82) is 0 Å². The van der Waals surface area contributed by atoms with Crippen LogP contribution in [0.4, 0.5) is 5.69 Å². The van der Waals surface area contributed by atoms with Crippen molar-refractivity contribution in [2.24, 2.45) is 0 Å². The number of rotatable bonds is 6. The molecule has 0 unspecified atom stereocenters. The molecule has 0 aromatic heterocycles. The Balaban J connectivity index is 1.54. The van der Waals surface area contributed by atoms with E-state index in [9.17, 15) is 9.59 Å². The molecule has 3 rings (SSSR count). The van der Waals surface area contributed by atoms with E-state index in [1.165, 1.54) is 11.8 Å². The van der Waals surface area contributed by atoms with Gasteiger partial charge < -0.3 is 5.32 Å². The molecule has 1 atom stereocenters. The van der Waals surface area contributed by atoms with Crippen molar-refractivity contribution < 1.29 is 9.59 Å². The third-order valence-electron chi connectivity index (χ3n) is 3.90. The summed E-state index contributed by atoms with van der Waals surface area (Å²) in [5.74, 6) is -0.251. The predicted molar refractivity (Wildman–Crippen MR) is 106 cm³/mol. The lowest BCUT2D eigenvalue weighted by atomic mass is 10.1. The van der Waals surface area contributed by atoms with Crippen molar-refractivity contribution >= 4 is 45.8 Å². The molecule has 1 saturated heterocycles. The van der Waals surface area contributed by atoms with E-state index in [2.05, 4.69) is 5.32 Å². The lowest BCUT2D eigenvalue weighted by molar-refractivity contribution is -0.128. The van der Waals surface area contributed by atoms with E-state index in [4.69, 9.17) is 12.2 Å². The minimum atomic E-state index is -0.438. The summed E-state index contributed by atoms with van der Waals surface area (Å²) in [6.45, 7) is 0.547. The molecular formula is C19H18N2O2S2. The first kappa shape index (κ1) is 17.6. The quantitative estimate of drug-likeness (QED) is 0.791. The van der Waals surface area contributed by atoms with Crippen LogP contribution in [0.25, 0.3) is 0 Å². The third-order valence-corrected chi connectivity index (χ3v) is 5.48. The Morgan fingerprint density at radius 2 is 1.72 bits per heavy atom. The van der Waals surface area contributed by atoms with Crippen molar-refractivity contribution in [2.75, 3.05) is 11.9 Å². The summed E-state index contributed by atoms with van der Waals surface area (Å²) < 4.78 is 0.554. The molecule has 2 aromatic rings. The minimum Gasteiger partial charge on any atom is -0.326 e. The fourth-order valence-corrected chi connectivity index (χ4v) is 4.16. The molecule has 1 aliphatic rings. The lowest BCUT2D eigenvalue weighted by Gasteiger charge is -2.15. The summed E-state index contributed by atoms with van der Waals surface area (Å²) in [5, 5.41) is 2.37. The van der Waals surface area contributed by atoms with Crippen LogP contribution >= 0.6 is 24.0 Å². The zero-order valence-corrected chi connectivity index (χ0v) is 15.2. The van der Waals surface area contributed by atoms with Gasteiger partial charge in [-0.2, -0.15) is 0 Å². The van der Waals surface area contributed by atoms with E-state index in [1.807, 2.05) is 60.7 Å². The van der Waals surface area contributed by atoms with Crippen LogP contribution in [0.1, 0.15) is 12.0 Å². The van der Waals surface area contributed by atoms with E-state index in [0.717, 1.165) is 17.7 Å². The van der Waals surface area contributed by atoms with Gasteiger partial charge >= 0.3 is 0 Å². The highest BCUT2D eigenvalue weighted by Gasteiger charge is 2.37. The van der Waals surface area contributed by atoms with Gasteiger partial charge in [-0.1, -0.05) is 72.5 Å². The van der Waals surface area contributed by atoms with E-state index < -0.39 is 5.25 Å². The van der Waals surface area contributed by atoms with E-state index >= 15 is 0 Å². The van der Waals surface area contributed by atoms with Gasteiger partial charge in [-0.15, -0.1) is 0 Å². The van der Waals surface area contributed by atoms with Crippen molar-refractivity contribution in [3.05, 3.63) is 66.2 Å². The Morgan fingerprint density at radius 3 is 2.40 bits per heavy atom. The Bertz CT molecular complexity index is 766. The summed E-state index contributed by atoms with van der Waals surface area (Å²) in [6, 6.07) is 19.2. The first-order valence-electron chi connectivity index (χ1n) is 8.04. The van der Waals surface area contributed by atoms with E-state index in [-0.39, 0.29) is 18.2 Å². The molecule has 1 N–H and O–H groups in total. The standard InChI is InChI=1S/C19H18N2O2S2/c22-17(20-15-9-5-2-6-10-15)13-16-18(23)21(19(24)25-16)12-11-14-7-3-1-4-8-14/h1-10,16H,11-13H2,(H,20,22)/t16-/m1/s1. The number of anilines is 1. The fraction of sp³-hybridized carbons (Fsp3) is 0.211. The Kier molecular flexibility index (Phi) is 5.83. The predicted octanol–water partition coefficient (Wildman–Crippen LogP) is 3.49. The maximum absolute atomic E-state index is 12.6. The third kappa shape index (κ3) is 4.67. The molecule has 4 nitrogen and oxygen atoms in total. The summed E-state index contributed by atoms with van der Waals surface area (Å²) in [6.07, 6.45) is 0.872. The molecule has 25 heavy (non-hydrogen) atoms. The molecular weight excluding hydrogens is 352 g/mol. The number of amides is 2. The number of nitrogens with zero attached hydrogens (tertiary/aromatic N) is 1. The topological polar surface area (TPSA) is 49.4 Å². The van der Waals surface area contributed by atoms with E-state index in [1.54, 1.807) is 4.90 Å². The monoisotopic (exact) mass is 370 g/mol. The van der Waals surface area contributed by atoms with Gasteiger partial charge in [-0.25, -0.2) is 0 Å². The molecule has 0 radical (unpaired) electrons. The van der Waals surface area contributed by atoms with Gasteiger partial charge in [0.05, 0.1) is 5.25 Å². The first-order valence-corrected chi connectivity index (χ1v) is 9.33. The second-order valence-electron chi connectivity index (χ2n) is 5.72. The van der Waals surface area contributed by atoms with Gasteiger partial charge in [-0.3, -0.25) is 14.5 Å². The van der Waals surface area contributed by atoms with Crippen LogP contribution in [0.2, 0.25) is 0 Å². The highest BCUT2D eigenvalue weighted by Crippen LogP contribution is 2.30. The van der Waals surface area contributed by atoms with Crippen molar-refractivity contribution in [3.63, 3.8) is 0 Å². The minimum absolute atomic E-state index is 0.0749. The number of para-hydroxylation sites is 1. The summed E-state index contributed by atoms with van der Waals surface area (Å²) in [5.41, 5.74) is 1.89. The first-order chi connectivity index (χ1) is 12.1. The molecule has 128 valence electrons. The van der Waals surface area contributed by atoms with Crippen molar-refractivity contribution in [3.8, 4) is 0 Å². The number of thiocarbonyl (C=S) groups is 1. The second kappa shape index (κ2) is 8.27. The number of nitrogens with one attached hydrogen (secondary N) is 1. The number of carbonyl (C=O) groups excluding carboxylic acids is 2. The van der Waals surface area contributed by atoms with Crippen LogP contribution < -0.4 is 5.32 Å². The van der Waals surface area contributed by atoms with Gasteiger partial charge in [0.1, 0.15) is 4.32 Å². The molecule has 2 aromatic carbocycles. The van der Waals surface area contributed by atoms with Crippen LogP contribution in [-0.2, 0) is 16.0 Å². The molecule has 1 heterocycles. The molecule has 0 spiro atoms. The normalized spacial score (nSPS) is 17.0. The molecule has 1 fully saturated rings. The maximum Gasteiger partial charge on any atom is 0.242 e. The summed E-state index contributed by atoms with van der Waals surface area (Å²) in [7, 11) is 0. The van der Waals surface area contributed by atoms with Crippen molar-refractivity contribution in [1.82, 2.24) is 4.90 Å². The van der Waals surface area contributed by atoms with Crippen LogP contribution in [0.5, 0.6) is 0 Å². The van der Waals surface area contributed by atoms with Crippen LogP contribution in [0.15, 0.2) is 60.7 Å². The van der Waals surface area contributed by atoms with Crippen molar-refractivity contribution in [2.45, 2.75) is 18.1 Å². The zero-order chi connectivity index (χ0) is 17.6. The van der Waals surface area contributed by atoms with Crippen LogP contribution in [-0.4, -0.2) is 32.8 Å². The second-order valence-corrected chi connectivity index (χ2v) is 7.55. The lowest BCUT2D eigenvalue weighted by Crippen LogP contribution is -2.34. The van der Waals surface area contributed by atoms with Gasteiger partial charge in [0.2, 0.25) is 11.8 Å². The molecule has 0 bridgehead atoms. The highest BCUT2D eigenvalue weighted by atomic mass is 32.2. The van der Waals surface area contributed by atoms with Crippen LogP contribution in [0, 0.1) is 0 Å². The Hall–Kier alpha value is -2.18. The maximum atomic E-state index is 12.6. The summed E-state index contributed by atoms with van der Waals surface area (Å²) in [4.78, 5) is 26.3. The number of thioether (sulfide) groups is 1. The largest absolute Gasteiger partial charge is 0.326 e. The van der Waals surface area contributed by atoms with Gasteiger partial charge in [0, 0.05) is 18.7 Å². The number of hydrogen-bond donors (Lipinski definition) is 1. The molecule has 6 heteroatoms. The van der Waals surface area contributed by atoms with E-state index in [0.29, 0.717) is 10.9 Å². The smallest absolute Gasteiger partial charge is 0.242 e. The zero-order valence-electron chi connectivity index (χ0n) is 13.6. The molecule has 2 amide bonds. The SMILES string of the molecule is O=C(C[C@H]1SC(=S)N(CCc2ccccc2)C1=O)Nc1ccccc1. The molecule has 1 aliphatic heterocycles. The molecule has 0 saturated carbocycles. The van der Waals surface area contributed by atoms with Gasteiger partial charge in [-0.05, 0) is 24.1 Å². The summed E-state index contributed by atoms with van der Waals surface area (Å²) >= 11 is 6.63. The van der Waals surface area contributed by atoms with Gasteiger partial charge in [0.15, 0.2) is 0 Å². The fourth-order valence-electron chi connectivity index (χ4n) is 2.62. The number of benzene rings is 2. The Morgan fingerprint density at radius 1 is 1.08 bits per heavy atom.